The molecule has 0 aromatic carbocycles. The third-order valence-electron chi connectivity index (χ3n) is 3.18. The van der Waals surface area contributed by atoms with Crippen LogP contribution in [0, 0.1) is 0 Å². The molecule has 0 saturated carbocycles. The van der Waals surface area contributed by atoms with E-state index in [1.54, 1.807) is 4.90 Å². The average Bonchev–Trinajstić information content (AvgIpc) is 2.33. The summed E-state index contributed by atoms with van der Waals surface area (Å²) < 4.78 is 9.99. The number of piperidine rings is 1. The van der Waals surface area contributed by atoms with Crippen molar-refractivity contribution in [2.75, 3.05) is 13.2 Å². The molecule has 1 heterocycles. The molecule has 108 valence electrons. The van der Waals surface area contributed by atoms with Gasteiger partial charge in [0, 0.05) is 20.8 Å². The zero-order valence-electron chi connectivity index (χ0n) is 11.7. The number of likely N-dealkylation sites (tertiary alicyclic amines) is 1. The van der Waals surface area contributed by atoms with Gasteiger partial charge in [0.05, 0.1) is 12.1 Å². The van der Waals surface area contributed by atoms with Gasteiger partial charge < -0.3 is 14.4 Å². The Morgan fingerprint density at radius 2 is 1.37 bits per heavy atom. The van der Waals surface area contributed by atoms with Crippen LogP contribution in [0.2, 0.25) is 0 Å². The zero-order chi connectivity index (χ0) is 14.4. The standard InChI is InChI=1S/C13H21NO5/c1-9(15)14-12(7-18-10(2)16)5-4-6-13(14)8-19-11(3)17/h12-13H,4-8H2,1-3H3/t12-,13+. The van der Waals surface area contributed by atoms with Gasteiger partial charge >= 0.3 is 11.9 Å². The molecule has 1 saturated heterocycles. The van der Waals surface area contributed by atoms with Crippen LogP contribution in [-0.4, -0.2) is 48.0 Å². The Bertz CT molecular complexity index is 329. The smallest absolute Gasteiger partial charge is 0.302 e. The molecule has 0 aromatic rings. The van der Waals surface area contributed by atoms with E-state index < -0.39 is 0 Å². The number of hydrogen-bond acceptors (Lipinski definition) is 5. The van der Waals surface area contributed by atoms with Crippen molar-refractivity contribution in [1.29, 1.82) is 0 Å². The lowest BCUT2D eigenvalue weighted by Gasteiger charge is -2.41. The first-order valence-corrected chi connectivity index (χ1v) is 6.47. The highest BCUT2D eigenvalue weighted by molar-refractivity contribution is 5.74. The van der Waals surface area contributed by atoms with Crippen LogP contribution in [-0.2, 0) is 23.9 Å². The van der Waals surface area contributed by atoms with Crippen LogP contribution in [0.3, 0.4) is 0 Å². The molecule has 0 radical (unpaired) electrons. The summed E-state index contributed by atoms with van der Waals surface area (Å²) in [6.07, 6.45) is 2.51. The van der Waals surface area contributed by atoms with Crippen LogP contribution in [0.15, 0.2) is 0 Å². The third kappa shape index (κ3) is 4.89. The number of esters is 2. The number of carbonyl (C=O) groups is 3. The molecule has 6 heteroatoms. The van der Waals surface area contributed by atoms with Crippen LogP contribution in [0.4, 0.5) is 0 Å². The Balaban J connectivity index is 2.66. The summed E-state index contributed by atoms with van der Waals surface area (Å²) in [5.74, 6) is -0.801. The van der Waals surface area contributed by atoms with Crippen molar-refractivity contribution in [3.63, 3.8) is 0 Å². The highest BCUT2D eigenvalue weighted by Gasteiger charge is 2.33. The quantitative estimate of drug-likeness (QED) is 0.710. The van der Waals surface area contributed by atoms with Gasteiger partial charge in [-0.3, -0.25) is 14.4 Å². The number of ether oxygens (including phenoxy) is 2. The molecule has 1 fully saturated rings. The first kappa shape index (κ1) is 15.5. The molecule has 1 amide bonds. The SMILES string of the molecule is CC(=O)OC[C@H]1CCC[C@@H](COC(C)=O)N1C(C)=O. The lowest BCUT2D eigenvalue weighted by molar-refractivity contribution is -0.153. The predicted octanol–water partition coefficient (Wildman–Crippen LogP) is 0.882. The minimum atomic E-state index is -0.356. The van der Waals surface area contributed by atoms with Gasteiger partial charge in [-0.05, 0) is 19.3 Å². The monoisotopic (exact) mass is 271 g/mol. The molecule has 0 N–H and O–H groups in total. The van der Waals surface area contributed by atoms with E-state index in [9.17, 15) is 14.4 Å². The Labute approximate surface area is 113 Å². The van der Waals surface area contributed by atoms with E-state index in [1.165, 1.54) is 20.8 Å². The first-order valence-electron chi connectivity index (χ1n) is 6.47. The molecule has 0 aromatic heterocycles. The zero-order valence-corrected chi connectivity index (χ0v) is 11.7. The maximum Gasteiger partial charge on any atom is 0.302 e. The fourth-order valence-corrected chi connectivity index (χ4v) is 2.43. The van der Waals surface area contributed by atoms with Gasteiger partial charge in [0.15, 0.2) is 0 Å². The maximum absolute atomic E-state index is 11.8. The van der Waals surface area contributed by atoms with Gasteiger partial charge in [-0.2, -0.15) is 0 Å². The molecule has 0 aliphatic carbocycles. The highest BCUT2D eigenvalue weighted by atomic mass is 16.5. The summed E-state index contributed by atoms with van der Waals surface area (Å²) in [7, 11) is 0. The molecule has 0 spiro atoms. The normalized spacial score (nSPS) is 22.8. The third-order valence-corrected chi connectivity index (χ3v) is 3.18. The summed E-state index contributed by atoms with van der Waals surface area (Å²) in [6.45, 7) is 4.57. The number of hydrogen-bond donors (Lipinski definition) is 0. The minimum absolute atomic E-state index is 0.0889. The van der Waals surface area contributed by atoms with Crippen LogP contribution in [0.5, 0.6) is 0 Å². The lowest BCUT2D eigenvalue weighted by atomic mass is 9.96. The minimum Gasteiger partial charge on any atom is -0.464 e. The van der Waals surface area contributed by atoms with Gasteiger partial charge in [0.25, 0.3) is 0 Å². The average molecular weight is 271 g/mol. The van der Waals surface area contributed by atoms with E-state index in [1.807, 2.05) is 0 Å². The topological polar surface area (TPSA) is 72.9 Å². The van der Waals surface area contributed by atoms with Gasteiger partial charge in [-0.1, -0.05) is 0 Å². The van der Waals surface area contributed by atoms with E-state index in [0.717, 1.165) is 19.3 Å². The Hall–Kier alpha value is -1.59. The van der Waals surface area contributed by atoms with Gasteiger partial charge in [0.1, 0.15) is 13.2 Å². The number of carbonyl (C=O) groups excluding carboxylic acids is 3. The summed E-state index contributed by atoms with van der Waals surface area (Å²) in [6, 6.07) is -0.258. The lowest BCUT2D eigenvalue weighted by Crippen LogP contribution is -2.53. The van der Waals surface area contributed by atoms with E-state index >= 15 is 0 Å². The van der Waals surface area contributed by atoms with Crippen LogP contribution in [0.1, 0.15) is 40.0 Å². The number of rotatable bonds is 4. The van der Waals surface area contributed by atoms with E-state index in [0.29, 0.717) is 0 Å². The summed E-state index contributed by atoms with van der Waals surface area (Å²) >= 11 is 0. The number of amides is 1. The second-order valence-corrected chi connectivity index (χ2v) is 4.77. The number of nitrogens with zero attached hydrogens (tertiary/aromatic N) is 1. The molecule has 0 unspecified atom stereocenters. The summed E-state index contributed by atoms with van der Waals surface area (Å²) in [5.41, 5.74) is 0. The molecule has 1 rings (SSSR count). The van der Waals surface area contributed by atoms with Crippen LogP contribution < -0.4 is 0 Å². The van der Waals surface area contributed by atoms with Crippen molar-refractivity contribution in [3.05, 3.63) is 0 Å². The molecule has 6 nitrogen and oxygen atoms in total. The van der Waals surface area contributed by atoms with Crippen molar-refractivity contribution in [2.24, 2.45) is 0 Å². The molecular weight excluding hydrogens is 250 g/mol. The molecular formula is C13H21NO5. The fraction of sp³-hybridized carbons (Fsp3) is 0.769. The molecule has 1 aliphatic heterocycles. The summed E-state index contributed by atoms with van der Waals surface area (Å²) in [5, 5.41) is 0. The van der Waals surface area contributed by atoms with Crippen LogP contribution >= 0.6 is 0 Å². The van der Waals surface area contributed by atoms with Crippen molar-refractivity contribution in [2.45, 2.75) is 52.1 Å². The molecule has 1 aliphatic rings. The largest absolute Gasteiger partial charge is 0.464 e. The van der Waals surface area contributed by atoms with Gasteiger partial charge in [0.2, 0.25) is 5.91 Å². The van der Waals surface area contributed by atoms with E-state index in [-0.39, 0.29) is 43.1 Å². The fourth-order valence-electron chi connectivity index (χ4n) is 2.43. The van der Waals surface area contributed by atoms with Crippen molar-refractivity contribution in [1.82, 2.24) is 4.90 Å². The van der Waals surface area contributed by atoms with E-state index in [2.05, 4.69) is 0 Å². The van der Waals surface area contributed by atoms with Gasteiger partial charge in [-0.25, -0.2) is 0 Å². The van der Waals surface area contributed by atoms with Crippen molar-refractivity contribution in [3.8, 4) is 0 Å². The Kier molecular flexibility index (Phi) is 5.79. The molecule has 2 atom stereocenters. The first-order chi connectivity index (χ1) is 8.91. The molecule has 19 heavy (non-hydrogen) atoms. The second-order valence-electron chi connectivity index (χ2n) is 4.77. The van der Waals surface area contributed by atoms with E-state index in [4.69, 9.17) is 9.47 Å². The summed E-state index contributed by atoms with van der Waals surface area (Å²) in [4.78, 5) is 35.2. The Morgan fingerprint density at radius 1 is 0.947 bits per heavy atom. The van der Waals surface area contributed by atoms with Gasteiger partial charge in [-0.15, -0.1) is 0 Å². The second kappa shape index (κ2) is 7.11. The molecule has 0 bridgehead atoms. The predicted molar refractivity (Wildman–Crippen MR) is 67.2 cm³/mol. The van der Waals surface area contributed by atoms with Crippen molar-refractivity contribution < 1.29 is 23.9 Å². The maximum atomic E-state index is 11.8. The Morgan fingerprint density at radius 3 is 1.68 bits per heavy atom. The van der Waals surface area contributed by atoms with Crippen LogP contribution in [0.25, 0.3) is 0 Å². The van der Waals surface area contributed by atoms with Crippen molar-refractivity contribution >= 4 is 17.8 Å². The highest BCUT2D eigenvalue weighted by Crippen LogP contribution is 2.24.